The summed E-state index contributed by atoms with van der Waals surface area (Å²) in [5.41, 5.74) is 3.63. The fourth-order valence-electron chi connectivity index (χ4n) is 2.81. The maximum absolute atomic E-state index is 10.2. The van der Waals surface area contributed by atoms with Crippen LogP contribution in [0.2, 0.25) is 0 Å². The lowest BCUT2D eigenvalue weighted by Crippen LogP contribution is -1.87. The van der Waals surface area contributed by atoms with Gasteiger partial charge in [-0.2, -0.15) is 0 Å². The molecule has 1 aromatic heterocycles. The standard InChI is InChI=1S/C19H10Br2O2/c20-17-14(22)10-13-16(11-6-2-1-3-7-11)12-8-4-5-9-15(12)23-19(13)18(17)21/h1-10H/p+1. The number of halogens is 2. The van der Waals surface area contributed by atoms with Gasteiger partial charge in [-0.1, -0.05) is 42.5 Å². The summed E-state index contributed by atoms with van der Waals surface area (Å²) in [5, 5.41) is 12.1. The van der Waals surface area contributed by atoms with Crippen molar-refractivity contribution in [2.45, 2.75) is 0 Å². The fourth-order valence-corrected chi connectivity index (χ4v) is 3.61. The van der Waals surface area contributed by atoms with Gasteiger partial charge in [-0.15, -0.1) is 0 Å². The highest BCUT2D eigenvalue weighted by molar-refractivity contribution is 9.13. The van der Waals surface area contributed by atoms with Gasteiger partial charge in [-0.3, -0.25) is 0 Å². The molecule has 0 aliphatic heterocycles. The number of fused-ring (bicyclic) bond motifs is 2. The molecule has 4 heteroatoms. The zero-order valence-electron chi connectivity index (χ0n) is 11.9. The van der Waals surface area contributed by atoms with Crippen molar-refractivity contribution >= 4 is 53.8 Å². The summed E-state index contributed by atoms with van der Waals surface area (Å²) in [6.45, 7) is 0. The Morgan fingerprint density at radius 3 is 2.26 bits per heavy atom. The van der Waals surface area contributed by atoms with Gasteiger partial charge in [0.25, 0.3) is 0 Å². The summed E-state index contributed by atoms with van der Waals surface area (Å²) >= 11 is 6.91. The van der Waals surface area contributed by atoms with E-state index in [1.807, 2.05) is 42.5 Å². The molecule has 3 aromatic carbocycles. The molecule has 4 aromatic rings. The quantitative estimate of drug-likeness (QED) is 0.267. The molecule has 0 saturated heterocycles. The second-order valence-electron chi connectivity index (χ2n) is 5.24. The molecule has 4 rings (SSSR count). The average Bonchev–Trinajstić information content (AvgIpc) is 2.59. The molecule has 0 radical (unpaired) electrons. The predicted molar refractivity (Wildman–Crippen MR) is 101 cm³/mol. The minimum atomic E-state index is 0.173. The Morgan fingerprint density at radius 1 is 0.783 bits per heavy atom. The van der Waals surface area contributed by atoms with Gasteiger partial charge in [0.1, 0.15) is 10.2 Å². The van der Waals surface area contributed by atoms with E-state index in [1.54, 1.807) is 6.07 Å². The smallest absolute Gasteiger partial charge is 0.376 e. The second kappa shape index (κ2) is 5.62. The van der Waals surface area contributed by atoms with Crippen LogP contribution in [0.4, 0.5) is 0 Å². The van der Waals surface area contributed by atoms with Gasteiger partial charge in [0.2, 0.25) is 0 Å². The van der Waals surface area contributed by atoms with E-state index in [-0.39, 0.29) is 5.75 Å². The summed E-state index contributed by atoms with van der Waals surface area (Å²) in [7, 11) is 0. The molecule has 23 heavy (non-hydrogen) atoms. The maximum atomic E-state index is 10.2. The third-order valence-corrected chi connectivity index (χ3v) is 5.93. The zero-order valence-corrected chi connectivity index (χ0v) is 15.1. The molecule has 0 fully saturated rings. The molecule has 2 nitrogen and oxygen atoms in total. The van der Waals surface area contributed by atoms with Crippen LogP contribution in [0.1, 0.15) is 0 Å². The van der Waals surface area contributed by atoms with Crippen LogP contribution < -0.4 is 0 Å². The van der Waals surface area contributed by atoms with Crippen molar-refractivity contribution in [2.24, 2.45) is 0 Å². The number of para-hydroxylation sites is 1. The van der Waals surface area contributed by atoms with Crippen LogP contribution >= 0.6 is 31.9 Å². The van der Waals surface area contributed by atoms with Crippen LogP contribution in [0.5, 0.6) is 5.75 Å². The first-order valence-corrected chi connectivity index (χ1v) is 8.66. The molecule has 0 aliphatic rings. The van der Waals surface area contributed by atoms with E-state index in [0.717, 1.165) is 27.5 Å². The molecule has 0 saturated carbocycles. The van der Waals surface area contributed by atoms with Crippen molar-refractivity contribution in [1.82, 2.24) is 0 Å². The van der Waals surface area contributed by atoms with Crippen molar-refractivity contribution in [3.05, 3.63) is 69.6 Å². The van der Waals surface area contributed by atoms with E-state index < -0.39 is 0 Å². The Bertz CT molecular complexity index is 1040. The monoisotopic (exact) mass is 429 g/mol. The zero-order chi connectivity index (χ0) is 16.0. The number of benzene rings is 3. The van der Waals surface area contributed by atoms with E-state index in [0.29, 0.717) is 14.5 Å². The highest BCUT2D eigenvalue weighted by Gasteiger charge is 2.25. The van der Waals surface area contributed by atoms with Crippen LogP contribution in [0.15, 0.2) is 74.0 Å². The number of hydrogen-bond acceptors (Lipinski definition) is 1. The fraction of sp³-hybridized carbons (Fsp3) is 0. The van der Waals surface area contributed by atoms with Gasteiger partial charge >= 0.3 is 11.2 Å². The van der Waals surface area contributed by atoms with E-state index in [4.69, 9.17) is 4.42 Å². The summed E-state index contributed by atoms with van der Waals surface area (Å²) in [6.07, 6.45) is 0. The average molecular weight is 431 g/mol. The Morgan fingerprint density at radius 2 is 1.48 bits per heavy atom. The molecule has 0 amide bonds. The molecule has 1 heterocycles. The molecule has 112 valence electrons. The van der Waals surface area contributed by atoms with Crippen LogP contribution in [-0.4, -0.2) is 5.11 Å². The number of rotatable bonds is 1. The van der Waals surface area contributed by atoms with E-state index in [1.165, 1.54) is 0 Å². The van der Waals surface area contributed by atoms with Crippen molar-refractivity contribution in [2.75, 3.05) is 0 Å². The highest BCUT2D eigenvalue weighted by Crippen LogP contribution is 2.44. The minimum absolute atomic E-state index is 0.173. The number of hydrogen-bond donors (Lipinski definition) is 1. The van der Waals surface area contributed by atoms with E-state index in [9.17, 15) is 5.11 Å². The summed E-state index contributed by atoms with van der Waals surface area (Å²) in [6, 6.07) is 19.8. The van der Waals surface area contributed by atoms with Crippen molar-refractivity contribution in [3.8, 4) is 16.9 Å². The van der Waals surface area contributed by atoms with Crippen molar-refractivity contribution in [1.29, 1.82) is 0 Å². The molecule has 0 atom stereocenters. The lowest BCUT2D eigenvalue weighted by atomic mass is 9.97. The minimum Gasteiger partial charge on any atom is -0.507 e. The molecule has 0 bridgehead atoms. The van der Waals surface area contributed by atoms with E-state index >= 15 is 0 Å². The van der Waals surface area contributed by atoms with Crippen LogP contribution in [0, 0.1) is 0 Å². The maximum Gasteiger partial charge on any atom is 0.376 e. The Labute approximate surface area is 149 Å². The van der Waals surface area contributed by atoms with Gasteiger partial charge in [-0.05, 0) is 49.6 Å². The molecular formula is C19H11Br2O2+. The first-order chi connectivity index (χ1) is 11.2. The highest BCUT2D eigenvalue weighted by atomic mass is 79.9. The van der Waals surface area contributed by atoms with Gasteiger partial charge in [0.15, 0.2) is 0 Å². The molecular weight excluding hydrogens is 420 g/mol. The summed E-state index contributed by atoms with van der Waals surface area (Å²) in [4.78, 5) is 0. The topological polar surface area (TPSA) is 31.5 Å². The second-order valence-corrected chi connectivity index (χ2v) is 6.83. The number of phenolic OH excluding ortho intramolecular Hbond substituents is 1. The lowest BCUT2D eigenvalue weighted by molar-refractivity contribution is 0.472. The summed E-state index contributed by atoms with van der Waals surface area (Å²) in [5.74, 6) is 0.173. The third kappa shape index (κ3) is 2.33. The number of aromatic hydroxyl groups is 1. The van der Waals surface area contributed by atoms with Crippen LogP contribution in [0.25, 0.3) is 33.1 Å². The van der Waals surface area contributed by atoms with Crippen LogP contribution in [-0.2, 0) is 0 Å². The lowest BCUT2D eigenvalue weighted by Gasteiger charge is -2.07. The largest absolute Gasteiger partial charge is 0.507 e. The van der Waals surface area contributed by atoms with Crippen molar-refractivity contribution in [3.63, 3.8) is 0 Å². The van der Waals surface area contributed by atoms with Crippen LogP contribution in [0.3, 0.4) is 0 Å². The Kier molecular flexibility index (Phi) is 3.58. The van der Waals surface area contributed by atoms with Gasteiger partial charge in [-0.25, -0.2) is 4.42 Å². The SMILES string of the molecule is Oc1cc2c(-c3ccccc3)c3ccccc3[o+]c2c(Br)c1Br. The molecule has 0 unspecified atom stereocenters. The van der Waals surface area contributed by atoms with Gasteiger partial charge < -0.3 is 5.11 Å². The van der Waals surface area contributed by atoms with Gasteiger partial charge in [0.05, 0.1) is 15.2 Å². The molecule has 1 N–H and O–H groups in total. The predicted octanol–water partition coefficient (Wildman–Crippen LogP) is 6.76. The normalized spacial score (nSPS) is 11.2. The van der Waals surface area contributed by atoms with Gasteiger partial charge in [0, 0.05) is 11.6 Å². The van der Waals surface area contributed by atoms with Crippen molar-refractivity contribution < 1.29 is 9.52 Å². The van der Waals surface area contributed by atoms with E-state index in [2.05, 4.69) is 44.0 Å². The first kappa shape index (κ1) is 14.7. The summed E-state index contributed by atoms with van der Waals surface area (Å²) < 4.78 is 7.38. The first-order valence-electron chi connectivity index (χ1n) is 7.08. The number of phenols is 1. The Balaban J connectivity index is 2.28. The molecule has 0 aliphatic carbocycles. The third-order valence-electron chi connectivity index (χ3n) is 3.84. The molecule has 0 spiro atoms. The Hall–Kier alpha value is -1.91.